The van der Waals surface area contributed by atoms with Crippen molar-refractivity contribution < 1.29 is 0 Å². The molecule has 1 aromatic carbocycles. The first kappa shape index (κ1) is 13.9. The maximum Gasteiger partial charge on any atom is 0.191 e. The lowest BCUT2D eigenvalue weighted by atomic mass is 10.1. The lowest BCUT2D eigenvalue weighted by Gasteiger charge is -2.27. The second-order valence-electron chi connectivity index (χ2n) is 5.57. The molecule has 1 fully saturated rings. The third-order valence-corrected chi connectivity index (χ3v) is 4.04. The number of hydrogen-bond donors (Lipinski definition) is 1. The van der Waals surface area contributed by atoms with Gasteiger partial charge in [0.2, 0.25) is 0 Å². The summed E-state index contributed by atoms with van der Waals surface area (Å²) in [5, 5.41) is 0. The molecule has 0 aliphatic carbocycles. The fourth-order valence-electron chi connectivity index (χ4n) is 2.85. The number of guanidine groups is 1. The van der Waals surface area contributed by atoms with Gasteiger partial charge in [0.15, 0.2) is 5.96 Å². The van der Waals surface area contributed by atoms with Crippen molar-refractivity contribution in [1.29, 1.82) is 0 Å². The van der Waals surface area contributed by atoms with Gasteiger partial charge in [0.1, 0.15) is 0 Å². The maximum atomic E-state index is 6.06. The summed E-state index contributed by atoms with van der Waals surface area (Å²) in [4.78, 5) is 11.1. The number of fused-ring (bicyclic) bond motifs is 1. The summed E-state index contributed by atoms with van der Waals surface area (Å²) < 4.78 is 2.18. The molecule has 1 saturated heterocycles. The van der Waals surface area contributed by atoms with Crippen LogP contribution in [0.3, 0.4) is 0 Å². The molecule has 112 valence electrons. The standard InChI is InChI=1S/C16H23N5/c17-16(20-10-4-1-5-11-20)18-9-6-12-21-13-19-14-7-2-3-8-15(14)21/h2-3,7-8,13H,1,4-6,9-12H2,(H2,17,18). The number of aromatic nitrogens is 2. The zero-order chi connectivity index (χ0) is 14.5. The van der Waals surface area contributed by atoms with Gasteiger partial charge in [-0.05, 0) is 37.8 Å². The summed E-state index contributed by atoms with van der Waals surface area (Å²) >= 11 is 0. The smallest absolute Gasteiger partial charge is 0.191 e. The zero-order valence-corrected chi connectivity index (χ0v) is 12.4. The van der Waals surface area contributed by atoms with Gasteiger partial charge in [0.05, 0.1) is 17.4 Å². The molecular formula is C16H23N5. The number of para-hydroxylation sites is 2. The third kappa shape index (κ3) is 3.35. The summed E-state index contributed by atoms with van der Waals surface area (Å²) in [7, 11) is 0. The second kappa shape index (κ2) is 6.61. The zero-order valence-electron chi connectivity index (χ0n) is 12.4. The molecule has 1 aliphatic rings. The van der Waals surface area contributed by atoms with Gasteiger partial charge >= 0.3 is 0 Å². The number of aliphatic imine (C=N–C) groups is 1. The largest absolute Gasteiger partial charge is 0.370 e. The normalized spacial score (nSPS) is 16.6. The van der Waals surface area contributed by atoms with Gasteiger partial charge in [-0.2, -0.15) is 0 Å². The van der Waals surface area contributed by atoms with Crippen LogP contribution in [0.5, 0.6) is 0 Å². The van der Waals surface area contributed by atoms with E-state index < -0.39 is 0 Å². The molecule has 5 heteroatoms. The van der Waals surface area contributed by atoms with Crippen LogP contribution in [-0.4, -0.2) is 40.0 Å². The average Bonchev–Trinajstić information content (AvgIpc) is 2.95. The van der Waals surface area contributed by atoms with E-state index in [4.69, 9.17) is 5.73 Å². The fraction of sp³-hybridized carbons (Fsp3) is 0.500. The van der Waals surface area contributed by atoms with Gasteiger partial charge in [-0.25, -0.2) is 4.98 Å². The highest BCUT2D eigenvalue weighted by Crippen LogP contribution is 2.12. The van der Waals surface area contributed by atoms with Gasteiger partial charge < -0.3 is 15.2 Å². The molecule has 1 aromatic heterocycles. The molecule has 0 spiro atoms. The van der Waals surface area contributed by atoms with Gasteiger partial charge in [0, 0.05) is 26.2 Å². The van der Waals surface area contributed by atoms with E-state index in [1.54, 1.807) is 0 Å². The van der Waals surface area contributed by atoms with Crippen LogP contribution >= 0.6 is 0 Å². The summed E-state index contributed by atoms with van der Waals surface area (Å²) in [6.45, 7) is 3.81. The van der Waals surface area contributed by atoms with Gasteiger partial charge in [0.25, 0.3) is 0 Å². The van der Waals surface area contributed by atoms with Crippen molar-refractivity contribution in [2.24, 2.45) is 10.7 Å². The van der Waals surface area contributed by atoms with Crippen molar-refractivity contribution in [3.8, 4) is 0 Å². The number of likely N-dealkylation sites (tertiary alicyclic amines) is 1. The molecule has 0 bridgehead atoms. The minimum absolute atomic E-state index is 0.713. The second-order valence-corrected chi connectivity index (χ2v) is 5.57. The molecule has 1 aliphatic heterocycles. The molecule has 5 nitrogen and oxygen atoms in total. The van der Waals surface area contributed by atoms with Crippen LogP contribution in [0.25, 0.3) is 11.0 Å². The molecule has 2 heterocycles. The average molecular weight is 285 g/mol. The number of hydrogen-bond acceptors (Lipinski definition) is 2. The number of nitrogens with two attached hydrogens (primary N) is 1. The van der Waals surface area contributed by atoms with Crippen molar-refractivity contribution in [2.45, 2.75) is 32.2 Å². The molecule has 0 unspecified atom stereocenters. The lowest BCUT2D eigenvalue weighted by Crippen LogP contribution is -2.40. The van der Waals surface area contributed by atoms with Crippen LogP contribution < -0.4 is 5.73 Å². The number of benzene rings is 1. The van der Waals surface area contributed by atoms with E-state index in [0.717, 1.165) is 38.1 Å². The molecule has 21 heavy (non-hydrogen) atoms. The van der Waals surface area contributed by atoms with E-state index >= 15 is 0 Å². The summed E-state index contributed by atoms with van der Waals surface area (Å²) in [6, 6.07) is 8.21. The van der Waals surface area contributed by atoms with Crippen molar-refractivity contribution in [3.63, 3.8) is 0 Å². The van der Waals surface area contributed by atoms with Crippen LogP contribution in [0.2, 0.25) is 0 Å². The van der Waals surface area contributed by atoms with Gasteiger partial charge in [-0.1, -0.05) is 12.1 Å². The number of rotatable bonds is 4. The number of aryl methyl sites for hydroxylation is 1. The SMILES string of the molecule is NC(=NCCCn1cnc2ccccc21)N1CCCCC1. The Balaban J connectivity index is 1.51. The van der Waals surface area contributed by atoms with E-state index in [0.29, 0.717) is 5.96 Å². The Morgan fingerprint density at radius 2 is 2.00 bits per heavy atom. The summed E-state index contributed by atoms with van der Waals surface area (Å²) in [5.41, 5.74) is 8.29. The highest BCUT2D eigenvalue weighted by molar-refractivity contribution is 5.78. The van der Waals surface area contributed by atoms with Crippen LogP contribution in [0.15, 0.2) is 35.6 Å². The Morgan fingerprint density at radius 3 is 2.86 bits per heavy atom. The Morgan fingerprint density at radius 1 is 1.19 bits per heavy atom. The monoisotopic (exact) mass is 285 g/mol. The van der Waals surface area contributed by atoms with Crippen LogP contribution in [-0.2, 0) is 6.54 Å². The van der Waals surface area contributed by atoms with Crippen molar-refractivity contribution in [2.75, 3.05) is 19.6 Å². The van der Waals surface area contributed by atoms with Crippen LogP contribution in [0.1, 0.15) is 25.7 Å². The Bertz CT molecular complexity index is 610. The Labute approximate surface area is 125 Å². The van der Waals surface area contributed by atoms with E-state index in [1.165, 1.54) is 24.8 Å². The Hall–Kier alpha value is -2.04. The first-order chi connectivity index (χ1) is 10.3. The molecule has 0 saturated carbocycles. The highest BCUT2D eigenvalue weighted by atomic mass is 15.2. The first-order valence-electron chi connectivity index (χ1n) is 7.79. The molecule has 3 rings (SSSR count). The highest BCUT2D eigenvalue weighted by Gasteiger charge is 2.11. The van der Waals surface area contributed by atoms with E-state index in [-0.39, 0.29) is 0 Å². The number of nitrogens with zero attached hydrogens (tertiary/aromatic N) is 4. The van der Waals surface area contributed by atoms with E-state index in [9.17, 15) is 0 Å². The molecule has 2 aromatic rings. The molecular weight excluding hydrogens is 262 g/mol. The minimum Gasteiger partial charge on any atom is -0.370 e. The predicted molar refractivity (Wildman–Crippen MR) is 86.3 cm³/mol. The van der Waals surface area contributed by atoms with E-state index in [2.05, 4.69) is 25.5 Å². The Kier molecular flexibility index (Phi) is 4.38. The van der Waals surface area contributed by atoms with Crippen molar-refractivity contribution in [3.05, 3.63) is 30.6 Å². The molecule has 0 atom stereocenters. The van der Waals surface area contributed by atoms with Crippen molar-refractivity contribution >= 4 is 17.0 Å². The summed E-state index contributed by atoms with van der Waals surface area (Å²) in [5.74, 6) is 0.713. The summed E-state index contributed by atoms with van der Waals surface area (Å²) in [6.07, 6.45) is 6.67. The predicted octanol–water partition coefficient (Wildman–Crippen LogP) is 2.23. The maximum absolute atomic E-state index is 6.06. The lowest BCUT2D eigenvalue weighted by molar-refractivity contribution is 0.338. The topological polar surface area (TPSA) is 59.4 Å². The molecule has 0 radical (unpaired) electrons. The first-order valence-corrected chi connectivity index (χ1v) is 7.79. The van der Waals surface area contributed by atoms with Gasteiger partial charge in [-0.3, -0.25) is 4.99 Å². The number of piperidine rings is 1. The molecule has 0 amide bonds. The molecule has 2 N–H and O–H groups in total. The quantitative estimate of drug-likeness (QED) is 0.532. The van der Waals surface area contributed by atoms with Crippen molar-refractivity contribution in [1.82, 2.24) is 14.5 Å². The number of imidazole rings is 1. The van der Waals surface area contributed by atoms with Gasteiger partial charge in [-0.15, -0.1) is 0 Å². The van der Waals surface area contributed by atoms with Crippen LogP contribution in [0, 0.1) is 0 Å². The van der Waals surface area contributed by atoms with E-state index in [1.807, 2.05) is 24.5 Å². The third-order valence-electron chi connectivity index (χ3n) is 4.04. The van der Waals surface area contributed by atoms with Crippen LogP contribution in [0.4, 0.5) is 0 Å². The fourth-order valence-corrected chi connectivity index (χ4v) is 2.85. The minimum atomic E-state index is 0.713.